The Kier molecular flexibility index (Phi) is 6.32. The maximum Gasteiger partial charge on any atom is 0.278 e. The number of carbonyl (C=O) groups is 1. The van der Waals surface area contributed by atoms with Gasteiger partial charge in [0, 0.05) is 12.6 Å². The van der Waals surface area contributed by atoms with Gasteiger partial charge in [0.1, 0.15) is 19.5 Å². The van der Waals surface area contributed by atoms with Gasteiger partial charge in [-0.15, -0.1) is 0 Å². The lowest BCUT2D eigenvalue weighted by Crippen LogP contribution is -2.30. The third-order valence-electron chi connectivity index (χ3n) is 3.35. The minimum Gasteiger partial charge on any atom is -0.394 e. The van der Waals surface area contributed by atoms with Gasteiger partial charge in [-0.05, 0) is 25.1 Å². The summed E-state index contributed by atoms with van der Waals surface area (Å²) in [6.07, 6.45) is 0. The first-order valence-corrected chi connectivity index (χ1v) is 7.56. The molecule has 0 unspecified atom stereocenters. The molecule has 3 N–H and O–H groups in total. The van der Waals surface area contributed by atoms with E-state index in [0.717, 1.165) is 6.07 Å². The maximum atomic E-state index is 14.1. The van der Waals surface area contributed by atoms with Gasteiger partial charge >= 0.3 is 0 Å². The van der Waals surface area contributed by atoms with E-state index in [2.05, 4.69) is 10.8 Å². The Morgan fingerprint density at radius 3 is 2.76 bits per heavy atom. The molecule has 0 aliphatic rings. The first-order chi connectivity index (χ1) is 12.0. The number of amides is 1. The van der Waals surface area contributed by atoms with Crippen LogP contribution in [0.2, 0.25) is 0 Å². The molecule has 1 aromatic carbocycles. The van der Waals surface area contributed by atoms with Gasteiger partial charge in [0.05, 0.1) is 24.5 Å². The number of aromatic nitrogens is 1. The molecule has 0 spiro atoms. The predicted octanol–water partition coefficient (Wildman–Crippen LogP) is 0.198. The average Bonchev–Trinajstić information content (AvgIpc) is 2.57. The van der Waals surface area contributed by atoms with Crippen molar-refractivity contribution in [3.8, 4) is 0 Å². The Labute approximate surface area is 144 Å². The number of benzene rings is 1. The van der Waals surface area contributed by atoms with Gasteiger partial charge in [-0.25, -0.2) is 9.87 Å². The fourth-order valence-electron chi connectivity index (χ4n) is 2.19. The van der Waals surface area contributed by atoms with Gasteiger partial charge in [-0.1, -0.05) is 11.5 Å². The van der Waals surface area contributed by atoms with E-state index in [1.165, 1.54) is 28.8 Å². The molecule has 0 aliphatic heterocycles. The summed E-state index contributed by atoms with van der Waals surface area (Å²) >= 11 is 0. The molecule has 0 bridgehead atoms. The monoisotopic (exact) mass is 345 g/mol. The van der Waals surface area contributed by atoms with Gasteiger partial charge in [-0.2, -0.15) is 0 Å². The molecule has 9 heteroatoms. The summed E-state index contributed by atoms with van der Waals surface area (Å²) in [6.45, 7) is 1.62. The van der Waals surface area contributed by atoms with Crippen molar-refractivity contribution in [3.05, 3.63) is 52.1 Å². The van der Waals surface area contributed by atoms with E-state index in [-0.39, 0.29) is 47.8 Å². The zero-order valence-corrected chi connectivity index (χ0v) is 13.6. The average molecular weight is 345 g/mol. The summed E-state index contributed by atoms with van der Waals surface area (Å²) in [5.41, 5.74) is 2.19. The minimum absolute atomic E-state index is 0.0623. The van der Waals surface area contributed by atoms with Crippen molar-refractivity contribution in [2.45, 2.75) is 13.5 Å². The van der Waals surface area contributed by atoms with Crippen molar-refractivity contribution >= 4 is 30.7 Å². The number of nitrogens with one attached hydrogen (secondary N) is 2. The Hall–Kier alpha value is -2.65. The second-order valence-electron chi connectivity index (χ2n) is 5.05. The van der Waals surface area contributed by atoms with Gasteiger partial charge in [-0.3, -0.25) is 19.0 Å². The lowest BCUT2D eigenvalue weighted by atomic mass is 9.96. The van der Waals surface area contributed by atoms with Crippen LogP contribution in [0.15, 0.2) is 35.1 Å². The number of nitrogens with zero attached hydrogens (tertiary/aromatic N) is 1. The quantitative estimate of drug-likeness (QED) is 0.379. The number of hydrogen-bond acceptors (Lipinski definition) is 5. The molecule has 0 saturated heterocycles. The lowest BCUT2D eigenvalue weighted by molar-refractivity contribution is 0.0168. The van der Waals surface area contributed by atoms with Crippen LogP contribution in [0.4, 0.5) is 15.9 Å². The maximum absolute atomic E-state index is 14.1. The zero-order valence-electron chi connectivity index (χ0n) is 13.6. The highest BCUT2D eigenvalue weighted by atomic mass is 19.1. The van der Waals surface area contributed by atoms with E-state index in [1.54, 1.807) is 6.92 Å². The molecule has 1 heterocycles. The number of aliphatic hydroxyl groups excluding tert-OH is 1. The second kappa shape index (κ2) is 8.45. The topological polar surface area (TPSA) is 92.6 Å². The summed E-state index contributed by atoms with van der Waals surface area (Å²) in [7, 11) is 5.52. The van der Waals surface area contributed by atoms with Crippen LogP contribution in [-0.2, 0) is 11.4 Å². The molecule has 2 radical (unpaired) electrons. The number of rotatable bonds is 7. The second-order valence-corrected chi connectivity index (χ2v) is 5.05. The zero-order chi connectivity index (χ0) is 18.4. The Morgan fingerprint density at radius 2 is 2.12 bits per heavy atom. The molecular formula is C16H17BFN3O4. The van der Waals surface area contributed by atoms with Crippen molar-refractivity contribution in [1.82, 2.24) is 10.0 Å². The Bertz CT molecular complexity index is 826. The van der Waals surface area contributed by atoms with E-state index < -0.39 is 11.7 Å². The number of pyridine rings is 1. The van der Waals surface area contributed by atoms with Crippen LogP contribution in [0.5, 0.6) is 0 Å². The van der Waals surface area contributed by atoms with Gasteiger partial charge in [0.2, 0.25) is 0 Å². The number of hydroxylamine groups is 1. The molecule has 0 aliphatic carbocycles. The molecule has 2 aromatic rings. The van der Waals surface area contributed by atoms with Crippen molar-refractivity contribution in [2.75, 3.05) is 18.5 Å². The van der Waals surface area contributed by atoms with E-state index in [9.17, 15) is 14.0 Å². The summed E-state index contributed by atoms with van der Waals surface area (Å²) in [5, 5.41) is 11.5. The molecular weight excluding hydrogens is 328 g/mol. The van der Waals surface area contributed by atoms with E-state index in [1.807, 2.05) is 0 Å². The predicted molar refractivity (Wildman–Crippen MR) is 92.0 cm³/mol. The lowest BCUT2D eigenvalue weighted by Gasteiger charge is -2.17. The number of aliphatic hydroxyl groups is 1. The van der Waals surface area contributed by atoms with E-state index in [4.69, 9.17) is 17.8 Å². The standard InChI is InChI=1S/C16H17BFN3O4/c1-2-21-14(23)6-4-11(16(24)20-25-8-7-22)15(21)19-13-5-3-10(17)9-12(13)18/h3-6,9,19,22H,2,7-8H2,1H3,(H,20,24). The highest BCUT2D eigenvalue weighted by Gasteiger charge is 2.17. The largest absolute Gasteiger partial charge is 0.394 e. The van der Waals surface area contributed by atoms with E-state index >= 15 is 0 Å². The van der Waals surface area contributed by atoms with Crippen molar-refractivity contribution in [1.29, 1.82) is 0 Å². The first-order valence-electron chi connectivity index (χ1n) is 7.56. The fourth-order valence-corrected chi connectivity index (χ4v) is 2.19. The van der Waals surface area contributed by atoms with Crippen molar-refractivity contribution in [2.24, 2.45) is 0 Å². The highest BCUT2D eigenvalue weighted by molar-refractivity contribution is 6.32. The smallest absolute Gasteiger partial charge is 0.278 e. The molecule has 0 saturated carbocycles. The van der Waals surface area contributed by atoms with Crippen molar-refractivity contribution in [3.63, 3.8) is 0 Å². The van der Waals surface area contributed by atoms with Gasteiger partial charge in [0.15, 0.2) is 0 Å². The molecule has 1 aromatic heterocycles. The summed E-state index contributed by atoms with van der Waals surface area (Å²) in [4.78, 5) is 29.1. The Balaban J connectivity index is 2.44. The summed E-state index contributed by atoms with van der Waals surface area (Å²) in [5.74, 6) is -1.15. The normalized spacial score (nSPS) is 10.5. The van der Waals surface area contributed by atoms with Crippen molar-refractivity contribution < 1.29 is 19.1 Å². The van der Waals surface area contributed by atoms with Crippen LogP contribution >= 0.6 is 0 Å². The van der Waals surface area contributed by atoms with Gasteiger partial charge < -0.3 is 10.4 Å². The minimum atomic E-state index is -0.644. The molecule has 0 atom stereocenters. The molecule has 7 nitrogen and oxygen atoms in total. The third kappa shape index (κ3) is 4.46. The summed E-state index contributed by atoms with van der Waals surface area (Å²) in [6, 6.07) is 6.57. The van der Waals surface area contributed by atoms with Crippen LogP contribution in [0.25, 0.3) is 0 Å². The highest BCUT2D eigenvalue weighted by Crippen LogP contribution is 2.21. The molecule has 0 fully saturated rings. The van der Waals surface area contributed by atoms with Crippen LogP contribution in [0, 0.1) is 5.82 Å². The molecule has 2 rings (SSSR count). The number of halogens is 1. The van der Waals surface area contributed by atoms with Crippen LogP contribution in [-0.4, -0.2) is 36.6 Å². The third-order valence-corrected chi connectivity index (χ3v) is 3.35. The van der Waals surface area contributed by atoms with Gasteiger partial charge in [0.25, 0.3) is 11.5 Å². The fraction of sp³-hybridized carbons (Fsp3) is 0.250. The van der Waals surface area contributed by atoms with Crippen LogP contribution < -0.4 is 21.8 Å². The first kappa shape index (κ1) is 18.7. The number of hydrogen-bond donors (Lipinski definition) is 3. The summed E-state index contributed by atoms with van der Waals surface area (Å²) < 4.78 is 15.4. The van der Waals surface area contributed by atoms with Crippen LogP contribution in [0.3, 0.4) is 0 Å². The molecule has 130 valence electrons. The number of carbonyl (C=O) groups excluding carboxylic acids is 1. The van der Waals surface area contributed by atoms with E-state index in [0.29, 0.717) is 0 Å². The Morgan fingerprint density at radius 1 is 1.36 bits per heavy atom. The van der Waals surface area contributed by atoms with Crippen LogP contribution in [0.1, 0.15) is 17.3 Å². The number of anilines is 2. The molecule has 1 amide bonds. The SMILES string of the molecule is [B]c1ccc(Nc2c(C(=O)NOCCO)ccc(=O)n2CC)c(F)c1. The molecule has 25 heavy (non-hydrogen) atoms.